The van der Waals surface area contributed by atoms with Crippen molar-refractivity contribution in [3.05, 3.63) is 0 Å². The first-order valence-corrected chi connectivity index (χ1v) is 7.45. The number of aliphatic carboxylic acids is 1. The quantitative estimate of drug-likeness (QED) is 0.701. The van der Waals surface area contributed by atoms with Gasteiger partial charge in [-0.05, 0) is 12.8 Å². The number of ether oxygens (including phenoxy) is 1. The molecule has 0 aliphatic carbocycles. The molecule has 2 saturated heterocycles. The molecule has 0 bridgehead atoms. The van der Waals surface area contributed by atoms with Gasteiger partial charge in [0, 0.05) is 6.54 Å². The van der Waals surface area contributed by atoms with E-state index in [1.165, 1.54) is 4.90 Å². The second kappa shape index (κ2) is 4.85. The van der Waals surface area contributed by atoms with Crippen LogP contribution in [0.15, 0.2) is 0 Å². The number of hydrogen-bond donors (Lipinski definition) is 1. The lowest BCUT2D eigenvalue weighted by Crippen LogP contribution is -2.52. The SMILES string of the molecule is O=C(O)C1CN(CC2CCCS2(=O)=O)C(=O)CO1. The summed E-state index contributed by atoms with van der Waals surface area (Å²) in [5, 5.41) is 8.26. The number of nitrogens with zero attached hydrogens (tertiary/aromatic N) is 1. The van der Waals surface area contributed by atoms with Crippen molar-refractivity contribution in [2.75, 3.05) is 25.4 Å². The van der Waals surface area contributed by atoms with Crippen molar-refractivity contribution in [1.82, 2.24) is 4.90 Å². The van der Waals surface area contributed by atoms with E-state index in [1.54, 1.807) is 0 Å². The largest absolute Gasteiger partial charge is 0.479 e. The number of sulfone groups is 1. The van der Waals surface area contributed by atoms with Gasteiger partial charge in [-0.1, -0.05) is 0 Å². The summed E-state index contributed by atoms with van der Waals surface area (Å²) < 4.78 is 28.2. The third-order valence-corrected chi connectivity index (χ3v) is 5.57. The van der Waals surface area contributed by atoms with E-state index in [1.807, 2.05) is 0 Å². The number of carbonyl (C=O) groups excluding carboxylic acids is 1. The number of amides is 1. The number of morpholine rings is 1. The first kappa shape index (κ1) is 13.3. The van der Waals surface area contributed by atoms with Gasteiger partial charge in [0.05, 0.1) is 17.5 Å². The summed E-state index contributed by atoms with van der Waals surface area (Å²) in [6.07, 6.45) is 0.0744. The molecule has 0 aromatic heterocycles. The molecule has 2 heterocycles. The zero-order chi connectivity index (χ0) is 13.3. The zero-order valence-electron chi connectivity index (χ0n) is 9.74. The summed E-state index contributed by atoms with van der Waals surface area (Å²) in [5.74, 6) is -1.34. The zero-order valence-corrected chi connectivity index (χ0v) is 10.6. The van der Waals surface area contributed by atoms with E-state index in [0.717, 1.165) is 0 Å². The van der Waals surface area contributed by atoms with Gasteiger partial charge in [0.15, 0.2) is 15.9 Å². The lowest BCUT2D eigenvalue weighted by atomic mass is 10.2. The highest BCUT2D eigenvalue weighted by atomic mass is 32.2. The maximum Gasteiger partial charge on any atom is 0.334 e. The van der Waals surface area contributed by atoms with Crippen LogP contribution in [0.5, 0.6) is 0 Å². The van der Waals surface area contributed by atoms with Crippen LogP contribution in [0.25, 0.3) is 0 Å². The summed E-state index contributed by atoms with van der Waals surface area (Å²) in [7, 11) is -3.13. The summed E-state index contributed by atoms with van der Waals surface area (Å²) in [4.78, 5) is 23.7. The smallest absolute Gasteiger partial charge is 0.334 e. The van der Waals surface area contributed by atoms with Crippen LogP contribution in [0.3, 0.4) is 0 Å². The van der Waals surface area contributed by atoms with E-state index in [2.05, 4.69) is 0 Å². The molecule has 2 rings (SSSR count). The molecule has 0 saturated carbocycles. The number of carboxylic acids is 1. The van der Waals surface area contributed by atoms with Crippen molar-refractivity contribution in [2.45, 2.75) is 24.2 Å². The molecule has 2 unspecified atom stereocenters. The number of carboxylic acid groups (broad SMARTS) is 1. The molecule has 0 aromatic rings. The van der Waals surface area contributed by atoms with Gasteiger partial charge >= 0.3 is 5.97 Å². The lowest BCUT2D eigenvalue weighted by molar-refractivity contribution is -0.164. The van der Waals surface area contributed by atoms with Gasteiger partial charge in [-0.3, -0.25) is 4.79 Å². The molecule has 2 aliphatic heterocycles. The molecule has 2 aliphatic rings. The lowest BCUT2D eigenvalue weighted by Gasteiger charge is -2.32. The minimum Gasteiger partial charge on any atom is -0.479 e. The average molecular weight is 277 g/mol. The molecule has 0 radical (unpaired) electrons. The Hall–Kier alpha value is -1.15. The van der Waals surface area contributed by atoms with Gasteiger partial charge < -0.3 is 14.7 Å². The van der Waals surface area contributed by atoms with Crippen LogP contribution in [0, 0.1) is 0 Å². The monoisotopic (exact) mass is 277 g/mol. The Morgan fingerprint density at radius 1 is 1.50 bits per heavy atom. The Morgan fingerprint density at radius 3 is 2.78 bits per heavy atom. The van der Waals surface area contributed by atoms with Crippen molar-refractivity contribution in [3.63, 3.8) is 0 Å². The molecule has 18 heavy (non-hydrogen) atoms. The average Bonchev–Trinajstić information content (AvgIpc) is 2.61. The van der Waals surface area contributed by atoms with E-state index in [4.69, 9.17) is 9.84 Å². The summed E-state index contributed by atoms with van der Waals surface area (Å²) in [6, 6.07) is 0. The van der Waals surface area contributed by atoms with Crippen molar-refractivity contribution in [1.29, 1.82) is 0 Å². The summed E-state index contributed by atoms with van der Waals surface area (Å²) >= 11 is 0. The van der Waals surface area contributed by atoms with Crippen molar-refractivity contribution < 1.29 is 27.9 Å². The molecular weight excluding hydrogens is 262 g/mol. The summed E-state index contributed by atoms with van der Waals surface area (Å²) in [5.41, 5.74) is 0. The molecule has 0 spiro atoms. The van der Waals surface area contributed by atoms with E-state index in [-0.39, 0.29) is 31.4 Å². The highest BCUT2D eigenvalue weighted by Gasteiger charge is 2.37. The first-order valence-electron chi connectivity index (χ1n) is 5.74. The van der Waals surface area contributed by atoms with Crippen LogP contribution in [0.1, 0.15) is 12.8 Å². The van der Waals surface area contributed by atoms with Gasteiger partial charge in [-0.2, -0.15) is 0 Å². The Bertz CT molecular complexity index is 459. The van der Waals surface area contributed by atoms with Gasteiger partial charge in [-0.25, -0.2) is 13.2 Å². The Kier molecular flexibility index (Phi) is 3.58. The molecule has 1 amide bonds. The summed E-state index contributed by atoms with van der Waals surface area (Å²) in [6.45, 7) is -0.307. The highest BCUT2D eigenvalue weighted by molar-refractivity contribution is 7.92. The maximum absolute atomic E-state index is 11.7. The second-order valence-electron chi connectivity index (χ2n) is 4.57. The normalized spacial score (nSPS) is 31.6. The second-order valence-corrected chi connectivity index (χ2v) is 6.97. The highest BCUT2D eigenvalue weighted by Crippen LogP contribution is 2.22. The Balaban J connectivity index is 2.03. The van der Waals surface area contributed by atoms with Gasteiger partial charge in [0.1, 0.15) is 6.61 Å². The minimum atomic E-state index is -3.13. The number of rotatable bonds is 3. The van der Waals surface area contributed by atoms with Crippen LogP contribution in [-0.4, -0.2) is 67.1 Å². The molecule has 2 atom stereocenters. The minimum absolute atomic E-state index is 0.0777. The van der Waals surface area contributed by atoms with E-state index < -0.39 is 27.2 Å². The van der Waals surface area contributed by atoms with Crippen LogP contribution >= 0.6 is 0 Å². The van der Waals surface area contributed by atoms with Crippen LogP contribution in [0.4, 0.5) is 0 Å². The molecule has 1 N–H and O–H groups in total. The van der Waals surface area contributed by atoms with E-state index in [9.17, 15) is 18.0 Å². The molecule has 8 heteroatoms. The fourth-order valence-electron chi connectivity index (χ4n) is 2.25. The van der Waals surface area contributed by atoms with E-state index in [0.29, 0.717) is 12.8 Å². The predicted molar refractivity (Wildman–Crippen MR) is 60.8 cm³/mol. The molecule has 102 valence electrons. The number of carbonyl (C=O) groups is 2. The van der Waals surface area contributed by atoms with E-state index >= 15 is 0 Å². The van der Waals surface area contributed by atoms with Gasteiger partial charge in [0.2, 0.25) is 5.91 Å². The Morgan fingerprint density at radius 2 is 2.22 bits per heavy atom. The fraction of sp³-hybridized carbons (Fsp3) is 0.800. The first-order chi connectivity index (χ1) is 8.40. The predicted octanol–water partition coefficient (Wildman–Crippen LogP) is -1.12. The third-order valence-electron chi connectivity index (χ3n) is 3.31. The number of hydrogen-bond acceptors (Lipinski definition) is 5. The van der Waals surface area contributed by atoms with Crippen LogP contribution < -0.4 is 0 Å². The van der Waals surface area contributed by atoms with Crippen molar-refractivity contribution in [2.24, 2.45) is 0 Å². The standard InChI is InChI=1S/C10H15NO6S/c12-9-6-17-8(10(13)14)5-11(9)4-7-2-1-3-18(7,15)16/h7-8H,1-6H2,(H,13,14). The Labute approximate surface area is 105 Å². The third kappa shape index (κ3) is 2.64. The van der Waals surface area contributed by atoms with Gasteiger partial charge in [-0.15, -0.1) is 0 Å². The fourth-order valence-corrected chi connectivity index (χ4v) is 4.09. The van der Waals surface area contributed by atoms with Gasteiger partial charge in [0.25, 0.3) is 0 Å². The van der Waals surface area contributed by atoms with Crippen molar-refractivity contribution in [3.8, 4) is 0 Å². The maximum atomic E-state index is 11.7. The topological polar surface area (TPSA) is 101 Å². The molecule has 2 fully saturated rings. The molecule has 7 nitrogen and oxygen atoms in total. The molecule has 0 aromatic carbocycles. The van der Waals surface area contributed by atoms with Crippen LogP contribution in [0.2, 0.25) is 0 Å². The molecular formula is C10H15NO6S. The van der Waals surface area contributed by atoms with Crippen molar-refractivity contribution >= 4 is 21.7 Å². The van der Waals surface area contributed by atoms with Crippen LogP contribution in [-0.2, 0) is 24.2 Å².